The van der Waals surface area contributed by atoms with Gasteiger partial charge in [-0.1, -0.05) is 0 Å². The van der Waals surface area contributed by atoms with E-state index in [1.807, 2.05) is 0 Å². The lowest BCUT2D eigenvalue weighted by molar-refractivity contribution is -0.119. The van der Waals surface area contributed by atoms with Gasteiger partial charge < -0.3 is 24.8 Å². The quantitative estimate of drug-likeness (QED) is 0.769. The molecule has 0 bridgehead atoms. The Morgan fingerprint density at radius 1 is 1.38 bits per heavy atom. The number of carbonyl (C=O) groups is 3. The molecule has 140 valence electrons. The molecule has 3 rings (SSSR count). The van der Waals surface area contributed by atoms with Crippen molar-refractivity contribution in [1.82, 2.24) is 10.6 Å². The van der Waals surface area contributed by atoms with Gasteiger partial charge in [-0.15, -0.1) is 0 Å². The fraction of sp³-hybridized carbons (Fsp3) is 0.438. The number of halogens is 1. The van der Waals surface area contributed by atoms with Gasteiger partial charge in [-0.2, -0.15) is 0 Å². The molecule has 1 aromatic rings. The summed E-state index contributed by atoms with van der Waals surface area (Å²) in [5, 5.41) is 5.04. The van der Waals surface area contributed by atoms with Gasteiger partial charge in [-0.3, -0.25) is 9.69 Å². The second kappa shape index (κ2) is 7.46. The third-order valence-corrected chi connectivity index (χ3v) is 3.85. The Labute approximate surface area is 148 Å². The first-order valence-corrected chi connectivity index (χ1v) is 8.02. The van der Waals surface area contributed by atoms with Crippen molar-refractivity contribution in [2.45, 2.75) is 19.1 Å². The molecule has 0 aromatic heterocycles. The van der Waals surface area contributed by atoms with E-state index in [1.165, 1.54) is 24.0 Å². The molecular formula is C16H18FN3O6. The minimum absolute atomic E-state index is 0.0134. The topological polar surface area (TPSA) is 106 Å². The van der Waals surface area contributed by atoms with Crippen LogP contribution in [0, 0.1) is 5.82 Å². The number of amides is 3. The number of nitrogens with one attached hydrogen (secondary N) is 2. The summed E-state index contributed by atoms with van der Waals surface area (Å²) in [4.78, 5) is 35.1. The maximum absolute atomic E-state index is 14.2. The zero-order valence-electron chi connectivity index (χ0n) is 14.0. The van der Waals surface area contributed by atoms with Gasteiger partial charge in [0.15, 0.2) is 17.7 Å². The third kappa shape index (κ3) is 4.13. The molecule has 0 unspecified atom stereocenters. The van der Waals surface area contributed by atoms with Gasteiger partial charge in [0.2, 0.25) is 5.91 Å². The molecule has 2 aliphatic rings. The van der Waals surface area contributed by atoms with Crippen molar-refractivity contribution < 1.29 is 33.0 Å². The lowest BCUT2D eigenvalue weighted by atomic mass is 10.2. The highest BCUT2D eigenvalue weighted by molar-refractivity contribution is 5.90. The molecule has 10 heteroatoms. The molecule has 1 aromatic carbocycles. The summed E-state index contributed by atoms with van der Waals surface area (Å²) in [6.45, 7) is 2.07. The summed E-state index contributed by atoms with van der Waals surface area (Å²) < 4.78 is 29.6. The van der Waals surface area contributed by atoms with Crippen LogP contribution < -0.4 is 20.3 Å². The van der Waals surface area contributed by atoms with Crippen molar-refractivity contribution in [3.63, 3.8) is 0 Å². The Bertz CT molecular complexity index is 728. The van der Waals surface area contributed by atoms with Gasteiger partial charge in [0, 0.05) is 13.0 Å². The van der Waals surface area contributed by atoms with Crippen molar-refractivity contribution in [2.24, 2.45) is 0 Å². The number of carbonyl (C=O) groups excluding carboxylic acids is 3. The molecule has 0 spiro atoms. The van der Waals surface area contributed by atoms with Gasteiger partial charge in [0.1, 0.15) is 12.7 Å². The lowest BCUT2D eigenvalue weighted by Gasteiger charge is -2.15. The van der Waals surface area contributed by atoms with Crippen molar-refractivity contribution in [3.05, 3.63) is 24.0 Å². The summed E-state index contributed by atoms with van der Waals surface area (Å²) in [5.74, 6) is -0.896. The number of hydrogen-bond donors (Lipinski definition) is 2. The number of cyclic esters (lactones) is 2. The SMILES string of the molecule is CC(=O)NC[C@H]1CN(c2ccc(OC[C@@H]3CNC(=O)O3)c(F)c2)C(=O)O1. The molecule has 2 fully saturated rings. The van der Waals surface area contributed by atoms with E-state index < -0.39 is 30.2 Å². The maximum atomic E-state index is 14.2. The standard InChI is InChI=1S/C16H18FN3O6/c1-9(21)18-5-11-7-20(16(23)26-11)10-2-3-14(13(17)4-10)24-8-12-6-19-15(22)25-12/h2-4,11-12H,5-8H2,1H3,(H,18,21)(H,19,22)/t11-,12-/m0/s1. The minimum atomic E-state index is -0.655. The minimum Gasteiger partial charge on any atom is -0.487 e. The predicted octanol–water partition coefficient (Wildman–Crippen LogP) is 0.774. The van der Waals surface area contributed by atoms with Gasteiger partial charge >= 0.3 is 12.2 Å². The summed E-state index contributed by atoms with van der Waals surface area (Å²) in [5.41, 5.74) is 0.319. The summed E-state index contributed by atoms with van der Waals surface area (Å²) in [6.07, 6.45) is -2.13. The normalized spacial score (nSPS) is 21.8. The molecule has 0 radical (unpaired) electrons. The van der Waals surface area contributed by atoms with Crippen LogP contribution in [-0.4, -0.2) is 56.5 Å². The molecule has 2 aliphatic heterocycles. The van der Waals surface area contributed by atoms with E-state index in [9.17, 15) is 18.8 Å². The van der Waals surface area contributed by atoms with E-state index in [1.54, 1.807) is 0 Å². The van der Waals surface area contributed by atoms with Crippen LogP contribution in [0.3, 0.4) is 0 Å². The number of alkyl carbamates (subject to hydrolysis) is 1. The van der Waals surface area contributed by atoms with Gasteiger partial charge in [0.25, 0.3) is 0 Å². The van der Waals surface area contributed by atoms with Crippen molar-refractivity contribution in [2.75, 3.05) is 31.1 Å². The zero-order chi connectivity index (χ0) is 18.7. The maximum Gasteiger partial charge on any atom is 0.414 e. The number of rotatable bonds is 6. The Hall–Kier alpha value is -3.04. The van der Waals surface area contributed by atoms with Crippen LogP contribution in [0.4, 0.5) is 19.7 Å². The molecule has 3 amide bonds. The first-order chi connectivity index (χ1) is 12.4. The monoisotopic (exact) mass is 367 g/mol. The van der Waals surface area contributed by atoms with Crippen molar-refractivity contribution in [1.29, 1.82) is 0 Å². The predicted molar refractivity (Wildman–Crippen MR) is 86.5 cm³/mol. The Balaban J connectivity index is 1.59. The van der Waals surface area contributed by atoms with Gasteiger partial charge in [-0.05, 0) is 12.1 Å². The fourth-order valence-corrected chi connectivity index (χ4v) is 2.58. The second-order valence-corrected chi connectivity index (χ2v) is 5.89. The molecule has 0 saturated carbocycles. The Morgan fingerprint density at radius 3 is 2.85 bits per heavy atom. The smallest absolute Gasteiger partial charge is 0.414 e. The molecule has 26 heavy (non-hydrogen) atoms. The number of nitrogens with zero attached hydrogens (tertiary/aromatic N) is 1. The van der Waals surface area contributed by atoms with Crippen LogP contribution in [-0.2, 0) is 14.3 Å². The highest BCUT2D eigenvalue weighted by Crippen LogP contribution is 2.27. The van der Waals surface area contributed by atoms with E-state index in [4.69, 9.17) is 14.2 Å². The molecule has 2 N–H and O–H groups in total. The highest BCUT2D eigenvalue weighted by Gasteiger charge is 2.33. The number of anilines is 1. The van der Waals surface area contributed by atoms with Crippen molar-refractivity contribution >= 4 is 23.8 Å². The van der Waals surface area contributed by atoms with Crippen LogP contribution >= 0.6 is 0 Å². The van der Waals surface area contributed by atoms with E-state index >= 15 is 0 Å². The summed E-state index contributed by atoms with van der Waals surface area (Å²) >= 11 is 0. The second-order valence-electron chi connectivity index (χ2n) is 5.89. The van der Waals surface area contributed by atoms with Crippen LogP contribution in [0.5, 0.6) is 5.75 Å². The first-order valence-electron chi connectivity index (χ1n) is 8.02. The van der Waals surface area contributed by atoms with E-state index in [0.717, 1.165) is 6.07 Å². The molecule has 2 saturated heterocycles. The van der Waals surface area contributed by atoms with Crippen LogP contribution in [0.25, 0.3) is 0 Å². The zero-order valence-corrected chi connectivity index (χ0v) is 14.0. The van der Waals surface area contributed by atoms with Gasteiger partial charge in [0.05, 0.1) is 25.3 Å². The van der Waals surface area contributed by atoms with E-state index in [0.29, 0.717) is 12.2 Å². The third-order valence-electron chi connectivity index (χ3n) is 3.85. The van der Waals surface area contributed by atoms with Crippen molar-refractivity contribution in [3.8, 4) is 5.75 Å². The Kier molecular flexibility index (Phi) is 5.10. The Morgan fingerprint density at radius 2 is 2.19 bits per heavy atom. The van der Waals surface area contributed by atoms with E-state index in [2.05, 4.69) is 10.6 Å². The highest BCUT2D eigenvalue weighted by atomic mass is 19.1. The molecule has 2 atom stereocenters. The summed E-state index contributed by atoms with van der Waals surface area (Å²) in [6, 6.07) is 4.08. The average molecular weight is 367 g/mol. The first kappa shape index (κ1) is 17.8. The largest absolute Gasteiger partial charge is 0.487 e. The van der Waals surface area contributed by atoms with Crippen LogP contribution in [0.2, 0.25) is 0 Å². The number of ether oxygens (including phenoxy) is 3. The van der Waals surface area contributed by atoms with Gasteiger partial charge in [-0.25, -0.2) is 14.0 Å². The number of benzene rings is 1. The molecule has 0 aliphatic carbocycles. The average Bonchev–Trinajstić information content (AvgIpc) is 3.17. The van der Waals surface area contributed by atoms with Crippen LogP contribution in [0.1, 0.15) is 6.92 Å². The molecule has 2 heterocycles. The number of hydrogen-bond acceptors (Lipinski definition) is 6. The lowest BCUT2D eigenvalue weighted by Crippen LogP contribution is -2.33. The fourth-order valence-electron chi connectivity index (χ4n) is 2.58. The van der Waals surface area contributed by atoms with E-state index in [-0.39, 0.29) is 31.4 Å². The molecule has 9 nitrogen and oxygen atoms in total. The molecular weight excluding hydrogens is 349 g/mol. The van der Waals surface area contributed by atoms with Crippen LogP contribution in [0.15, 0.2) is 18.2 Å². The summed E-state index contributed by atoms with van der Waals surface area (Å²) in [7, 11) is 0.